The van der Waals surface area contributed by atoms with Crippen molar-refractivity contribution in [2.75, 3.05) is 25.4 Å². The summed E-state index contributed by atoms with van der Waals surface area (Å²) in [5.41, 5.74) is 4.85. The number of amides is 1. The van der Waals surface area contributed by atoms with Gasteiger partial charge in [0, 0.05) is 24.8 Å². The van der Waals surface area contributed by atoms with Crippen molar-refractivity contribution in [2.24, 2.45) is 0 Å². The summed E-state index contributed by atoms with van der Waals surface area (Å²) in [6.45, 7) is 4.08. The maximum absolute atomic E-state index is 13.0. The van der Waals surface area contributed by atoms with Crippen molar-refractivity contribution in [3.05, 3.63) is 29.3 Å². The summed E-state index contributed by atoms with van der Waals surface area (Å²) < 4.78 is 30.7. The molecule has 1 amide bonds. The lowest BCUT2D eigenvalue weighted by Gasteiger charge is -2.18. The van der Waals surface area contributed by atoms with Crippen LogP contribution in [0.4, 0.5) is 14.5 Å². The van der Waals surface area contributed by atoms with Crippen LogP contribution in [-0.2, 0) is 9.53 Å². The zero-order chi connectivity index (χ0) is 15.3. The number of nitrogens with two attached hydrogens (primary N) is 1. The van der Waals surface area contributed by atoms with Gasteiger partial charge < -0.3 is 15.4 Å². The Kier molecular flexibility index (Phi) is 5.42. The van der Waals surface area contributed by atoms with Crippen LogP contribution in [0.5, 0.6) is 0 Å². The first-order chi connectivity index (χ1) is 9.40. The van der Waals surface area contributed by atoms with Gasteiger partial charge in [0.1, 0.15) is 0 Å². The second kappa shape index (κ2) is 6.83. The number of halogens is 2. The minimum Gasteiger partial charge on any atom is -0.452 e. The Labute approximate surface area is 115 Å². The van der Waals surface area contributed by atoms with Crippen molar-refractivity contribution in [2.45, 2.75) is 13.8 Å². The third-order valence-corrected chi connectivity index (χ3v) is 2.76. The van der Waals surface area contributed by atoms with Gasteiger partial charge in [-0.1, -0.05) is 0 Å². The highest BCUT2D eigenvalue weighted by Crippen LogP contribution is 2.17. The van der Waals surface area contributed by atoms with Gasteiger partial charge in [-0.3, -0.25) is 4.79 Å². The largest absolute Gasteiger partial charge is 0.452 e. The number of hydrogen-bond donors (Lipinski definition) is 1. The van der Waals surface area contributed by atoms with Gasteiger partial charge in [0.15, 0.2) is 18.2 Å². The lowest BCUT2D eigenvalue weighted by Crippen LogP contribution is -2.34. The predicted octanol–water partition coefficient (Wildman–Crippen LogP) is 1.57. The van der Waals surface area contributed by atoms with Crippen LogP contribution in [0.15, 0.2) is 12.1 Å². The van der Waals surface area contributed by atoms with E-state index in [0.717, 1.165) is 0 Å². The first-order valence-electron chi connectivity index (χ1n) is 6.10. The van der Waals surface area contributed by atoms with Gasteiger partial charge in [-0.15, -0.1) is 0 Å². The molecule has 0 spiro atoms. The van der Waals surface area contributed by atoms with Crippen molar-refractivity contribution in [1.82, 2.24) is 4.90 Å². The minimum absolute atomic E-state index is 0.246. The Bertz CT molecular complexity index is 517. The van der Waals surface area contributed by atoms with Gasteiger partial charge in [-0.25, -0.2) is 13.6 Å². The van der Waals surface area contributed by atoms with Gasteiger partial charge in [0.05, 0.1) is 5.56 Å². The molecule has 0 bridgehead atoms. The fraction of sp³-hybridized carbons (Fsp3) is 0.385. The van der Waals surface area contributed by atoms with Crippen molar-refractivity contribution in [3.8, 4) is 0 Å². The Morgan fingerprint density at radius 3 is 2.30 bits per heavy atom. The maximum Gasteiger partial charge on any atom is 0.340 e. The molecule has 110 valence electrons. The number of nitrogen functional groups attached to an aromatic ring is 1. The monoisotopic (exact) mass is 286 g/mol. The van der Waals surface area contributed by atoms with E-state index < -0.39 is 24.2 Å². The van der Waals surface area contributed by atoms with Gasteiger partial charge in [-0.2, -0.15) is 0 Å². The number of rotatable bonds is 5. The van der Waals surface area contributed by atoms with Crippen LogP contribution >= 0.6 is 0 Å². The highest BCUT2D eigenvalue weighted by molar-refractivity contribution is 5.96. The van der Waals surface area contributed by atoms with Crippen LogP contribution in [0.1, 0.15) is 24.2 Å². The fourth-order valence-corrected chi connectivity index (χ4v) is 1.61. The summed E-state index contributed by atoms with van der Waals surface area (Å²) in [4.78, 5) is 24.8. The number of likely N-dealkylation sites (N-methyl/N-ethyl adjacent to an activating group) is 1. The van der Waals surface area contributed by atoms with Gasteiger partial charge in [-0.05, 0) is 19.9 Å². The van der Waals surface area contributed by atoms with Crippen molar-refractivity contribution in [1.29, 1.82) is 0 Å². The number of benzene rings is 1. The van der Waals surface area contributed by atoms with Crippen molar-refractivity contribution in [3.63, 3.8) is 0 Å². The second-order valence-corrected chi connectivity index (χ2v) is 4.00. The van der Waals surface area contributed by atoms with E-state index in [9.17, 15) is 18.4 Å². The summed E-state index contributed by atoms with van der Waals surface area (Å²) in [7, 11) is 0. The molecule has 1 rings (SSSR count). The van der Waals surface area contributed by atoms with Crippen LogP contribution in [0.25, 0.3) is 0 Å². The number of esters is 1. The van der Waals surface area contributed by atoms with E-state index >= 15 is 0 Å². The molecule has 0 aliphatic rings. The summed E-state index contributed by atoms with van der Waals surface area (Å²) in [5.74, 6) is -3.70. The average molecular weight is 286 g/mol. The summed E-state index contributed by atoms with van der Waals surface area (Å²) >= 11 is 0. The third kappa shape index (κ3) is 3.66. The van der Waals surface area contributed by atoms with E-state index in [1.165, 1.54) is 4.90 Å². The molecular formula is C13H16F2N2O3. The van der Waals surface area contributed by atoms with Gasteiger partial charge in [0.25, 0.3) is 5.91 Å². The first-order valence-corrected chi connectivity index (χ1v) is 6.10. The van der Waals surface area contributed by atoms with Crippen LogP contribution in [0, 0.1) is 11.6 Å². The number of carbonyl (C=O) groups excluding carboxylic acids is 2. The first kappa shape index (κ1) is 15.9. The highest BCUT2D eigenvalue weighted by atomic mass is 19.2. The molecule has 20 heavy (non-hydrogen) atoms. The van der Waals surface area contributed by atoms with E-state index in [1.807, 2.05) is 0 Å². The minimum atomic E-state index is -1.21. The van der Waals surface area contributed by atoms with Gasteiger partial charge in [0.2, 0.25) is 0 Å². The molecule has 0 unspecified atom stereocenters. The molecule has 0 saturated carbocycles. The van der Waals surface area contributed by atoms with Crippen LogP contribution in [0.3, 0.4) is 0 Å². The molecule has 1 aromatic carbocycles. The molecule has 7 heteroatoms. The zero-order valence-electron chi connectivity index (χ0n) is 11.3. The predicted molar refractivity (Wildman–Crippen MR) is 69.0 cm³/mol. The highest BCUT2D eigenvalue weighted by Gasteiger charge is 2.18. The molecule has 0 fully saturated rings. The Balaban J connectivity index is 2.73. The number of carbonyl (C=O) groups is 2. The topological polar surface area (TPSA) is 72.6 Å². The lowest BCUT2D eigenvalue weighted by molar-refractivity contribution is -0.134. The van der Waals surface area contributed by atoms with E-state index in [2.05, 4.69) is 0 Å². The number of hydrogen-bond acceptors (Lipinski definition) is 4. The van der Waals surface area contributed by atoms with E-state index in [-0.39, 0.29) is 17.2 Å². The number of ether oxygens (including phenoxy) is 1. The lowest BCUT2D eigenvalue weighted by atomic mass is 10.1. The maximum atomic E-state index is 13.0. The van der Waals surface area contributed by atoms with Crippen LogP contribution in [-0.4, -0.2) is 36.5 Å². The Morgan fingerprint density at radius 2 is 1.75 bits per heavy atom. The quantitative estimate of drug-likeness (QED) is 0.658. The normalized spacial score (nSPS) is 10.2. The van der Waals surface area contributed by atoms with Crippen molar-refractivity contribution >= 4 is 17.6 Å². The van der Waals surface area contributed by atoms with E-state index in [1.54, 1.807) is 13.8 Å². The molecule has 0 radical (unpaired) electrons. The number of anilines is 1. The molecular weight excluding hydrogens is 270 g/mol. The fourth-order valence-electron chi connectivity index (χ4n) is 1.61. The molecule has 0 aliphatic carbocycles. The molecule has 2 N–H and O–H groups in total. The SMILES string of the molecule is CCN(CC)C(=O)COC(=O)c1cc(F)c(F)cc1N. The van der Waals surface area contributed by atoms with Crippen molar-refractivity contribution < 1.29 is 23.1 Å². The average Bonchev–Trinajstić information content (AvgIpc) is 2.41. The zero-order valence-corrected chi connectivity index (χ0v) is 11.3. The summed E-state index contributed by atoms with van der Waals surface area (Å²) in [6, 6.07) is 1.34. The molecule has 0 aliphatic heterocycles. The molecule has 0 aromatic heterocycles. The third-order valence-electron chi connectivity index (χ3n) is 2.76. The Morgan fingerprint density at radius 1 is 1.20 bits per heavy atom. The second-order valence-electron chi connectivity index (χ2n) is 4.00. The molecule has 0 saturated heterocycles. The molecule has 5 nitrogen and oxygen atoms in total. The molecule has 0 atom stereocenters. The molecule has 0 heterocycles. The molecule has 1 aromatic rings. The van der Waals surface area contributed by atoms with E-state index in [4.69, 9.17) is 10.5 Å². The van der Waals surface area contributed by atoms with E-state index in [0.29, 0.717) is 25.2 Å². The summed E-state index contributed by atoms with van der Waals surface area (Å²) in [5, 5.41) is 0. The number of nitrogens with zero attached hydrogens (tertiary/aromatic N) is 1. The van der Waals surface area contributed by atoms with Gasteiger partial charge >= 0.3 is 5.97 Å². The smallest absolute Gasteiger partial charge is 0.340 e. The van der Waals surface area contributed by atoms with Crippen LogP contribution < -0.4 is 5.73 Å². The van der Waals surface area contributed by atoms with Crippen LogP contribution in [0.2, 0.25) is 0 Å². The Hall–Kier alpha value is -2.18. The standard InChI is InChI=1S/C13H16F2N2O3/c1-3-17(4-2)12(18)7-20-13(19)8-5-9(14)10(15)6-11(8)16/h5-6H,3-4,7,16H2,1-2H3. The summed E-state index contributed by atoms with van der Waals surface area (Å²) in [6.07, 6.45) is 0.